The largest absolute Gasteiger partial charge is 0.356 e. The minimum Gasteiger partial charge on any atom is -0.356 e. The molecule has 4 nitrogen and oxygen atoms in total. The smallest absolute Gasteiger partial charge is 0.142 e. The van der Waals surface area contributed by atoms with Gasteiger partial charge >= 0.3 is 0 Å². The average Bonchev–Trinajstić information content (AvgIpc) is 3.08. The van der Waals surface area contributed by atoms with Crippen LogP contribution in [0.25, 0.3) is 10.2 Å². The van der Waals surface area contributed by atoms with Crippen molar-refractivity contribution in [1.82, 2.24) is 9.97 Å². The third-order valence-corrected chi connectivity index (χ3v) is 6.46. The number of hydrogen-bond donors (Lipinski definition) is 2. The Balaban J connectivity index is 1.41. The molecule has 2 aromatic carbocycles. The highest BCUT2D eigenvalue weighted by Gasteiger charge is 2.23. The van der Waals surface area contributed by atoms with E-state index in [1.807, 2.05) is 29.5 Å². The number of nitrogens with zero attached hydrogens (tertiary/aromatic N) is 2. The zero-order valence-electron chi connectivity index (χ0n) is 15.8. The van der Waals surface area contributed by atoms with Crippen LogP contribution >= 0.6 is 11.3 Å². The average molecular weight is 387 g/mol. The Morgan fingerprint density at radius 2 is 1.61 bits per heavy atom. The molecule has 4 aromatic rings. The Morgan fingerprint density at radius 3 is 2.39 bits per heavy atom. The lowest BCUT2D eigenvalue weighted by atomic mass is 9.89. The number of anilines is 4. The van der Waals surface area contributed by atoms with Crippen molar-refractivity contribution in [1.29, 1.82) is 0 Å². The molecule has 0 aliphatic heterocycles. The summed E-state index contributed by atoms with van der Waals surface area (Å²) in [4.78, 5) is 11.7. The number of rotatable bonds is 4. The van der Waals surface area contributed by atoms with Gasteiger partial charge in [-0.3, -0.25) is 0 Å². The first-order chi connectivity index (χ1) is 13.8. The Kier molecular flexibility index (Phi) is 4.45. The van der Waals surface area contributed by atoms with E-state index >= 15 is 0 Å². The number of aryl methyl sites for hydroxylation is 1. The van der Waals surface area contributed by atoms with Crippen molar-refractivity contribution >= 4 is 44.4 Å². The zero-order chi connectivity index (χ0) is 18.9. The summed E-state index contributed by atoms with van der Waals surface area (Å²) < 4.78 is 0. The van der Waals surface area contributed by atoms with Gasteiger partial charge in [0.05, 0.1) is 5.39 Å². The van der Waals surface area contributed by atoms with Crippen LogP contribution in [-0.4, -0.2) is 9.97 Å². The van der Waals surface area contributed by atoms with Crippen LogP contribution in [0.4, 0.5) is 22.9 Å². The molecule has 1 unspecified atom stereocenters. The van der Waals surface area contributed by atoms with Crippen LogP contribution in [-0.2, 0) is 12.8 Å². The minimum absolute atomic E-state index is 0.759. The van der Waals surface area contributed by atoms with Gasteiger partial charge in [0, 0.05) is 21.9 Å². The molecule has 1 atom stereocenters. The molecule has 0 amide bonds. The van der Waals surface area contributed by atoms with Crippen LogP contribution in [0.3, 0.4) is 0 Å². The summed E-state index contributed by atoms with van der Waals surface area (Å²) in [5.41, 5.74) is 4.62. The van der Waals surface area contributed by atoms with Gasteiger partial charge < -0.3 is 10.6 Å². The molecule has 2 heterocycles. The number of hydrogen-bond acceptors (Lipinski definition) is 5. The summed E-state index contributed by atoms with van der Waals surface area (Å²) in [5.74, 6) is 1.68. The third-order valence-electron chi connectivity index (χ3n) is 5.30. The summed E-state index contributed by atoms with van der Waals surface area (Å²) in [6.07, 6.45) is 5.20. The van der Waals surface area contributed by atoms with Gasteiger partial charge in [-0.25, -0.2) is 9.97 Å². The monoisotopic (exact) mass is 386 g/mol. The van der Waals surface area contributed by atoms with E-state index in [1.54, 1.807) is 6.33 Å². The van der Waals surface area contributed by atoms with Crippen molar-refractivity contribution in [2.24, 2.45) is 5.92 Å². The molecule has 1 aliphatic carbocycles. The van der Waals surface area contributed by atoms with Gasteiger partial charge in [-0.05, 0) is 67.1 Å². The molecule has 2 N–H and O–H groups in total. The molecule has 2 aromatic heterocycles. The standard InChI is InChI=1S/C23H22N4S/c1-15-7-12-19-20(13-15)28-23-21(19)22(24-14-25-23)27-18-10-8-17(9-11-18)26-16-5-3-2-4-6-16/h2-6,8-11,14-15,26H,7,12-13H2,1H3,(H,24,25,27). The van der Waals surface area contributed by atoms with E-state index in [-0.39, 0.29) is 0 Å². The number of benzene rings is 2. The topological polar surface area (TPSA) is 49.8 Å². The molecule has 0 radical (unpaired) electrons. The van der Waals surface area contributed by atoms with Crippen molar-refractivity contribution in [2.75, 3.05) is 10.6 Å². The highest BCUT2D eigenvalue weighted by molar-refractivity contribution is 7.19. The summed E-state index contributed by atoms with van der Waals surface area (Å²) >= 11 is 1.83. The van der Waals surface area contributed by atoms with Gasteiger partial charge in [0.1, 0.15) is 17.0 Å². The third kappa shape index (κ3) is 3.34. The quantitative estimate of drug-likeness (QED) is 0.432. The summed E-state index contributed by atoms with van der Waals surface area (Å²) in [7, 11) is 0. The van der Waals surface area contributed by atoms with Gasteiger partial charge in [0.15, 0.2) is 0 Å². The summed E-state index contributed by atoms with van der Waals surface area (Å²) in [6.45, 7) is 2.34. The molecular weight excluding hydrogens is 364 g/mol. The molecule has 5 rings (SSSR count). The maximum atomic E-state index is 4.56. The van der Waals surface area contributed by atoms with Crippen molar-refractivity contribution in [3.05, 3.63) is 71.4 Å². The second-order valence-corrected chi connectivity index (χ2v) is 8.53. The maximum absolute atomic E-state index is 4.56. The predicted molar refractivity (Wildman–Crippen MR) is 118 cm³/mol. The number of thiophene rings is 1. The van der Waals surface area contributed by atoms with Crippen LogP contribution < -0.4 is 10.6 Å². The van der Waals surface area contributed by atoms with Crippen molar-refractivity contribution in [2.45, 2.75) is 26.2 Å². The molecular formula is C23H22N4S. The Bertz CT molecular complexity index is 1100. The van der Waals surface area contributed by atoms with E-state index in [4.69, 9.17) is 0 Å². The minimum atomic E-state index is 0.759. The van der Waals surface area contributed by atoms with Crippen LogP contribution in [0.5, 0.6) is 0 Å². The molecule has 5 heteroatoms. The molecule has 140 valence electrons. The van der Waals surface area contributed by atoms with Crippen LogP contribution in [0, 0.1) is 5.92 Å². The van der Waals surface area contributed by atoms with Crippen molar-refractivity contribution < 1.29 is 0 Å². The lowest BCUT2D eigenvalue weighted by molar-refractivity contribution is 0.509. The van der Waals surface area contributed by atoms with E-state index in [0.717, 1.165) is 46.5 Å². The van der Waals surface area contributed by atoms with E-state index in [9.17, 15) is 0 Å². The summed E-state index contributed by atoms with van der Waals surface area (Å²) in [6, 6.07) is 18.5. The van der Waals surface area contributed by atoms with E-state index in [2.05, 4.69) is 63.9 Å². The molecule has 0 fully saturated rings. The second-order valence-electron chi connectivity index (χ2n) is 7.45. The molecule has 28 heavy (non-hydrogen) atoms. The first-order valence-corrected chi connectivity index (χ1v) is 10.5. The van der Waals surface area contributed by atoms with E-state index in [0.29, 0.717) is 0 Å². The molecule has 0 saturated carbocycles. The lowest BCUT2D eigenvalue weighted by Crippen LogP contribution is -2.09. The highest BCUT2D eigenvalue weighted by atomic mass is 32.1. The van der Waals surface area contributed by atoms with E-state index < -0.39 is 0 Å². The number of nitrogens with one attached hydrogen (secondary N) is 2. The molecule has 1 aliphatic rings. The Morgan fingerprint density at radius 1 is 0.893 bits per heavy atom. The van der Waals surface area contributed by atoms with Gasteiger partial charge in [0.2, 0.25) is 0 Å². The molecule has 0 bridgehead atoms. The van der Waals surface area contributed by atoms with Crippen LogP contribution in [0.15, 0.2) is 60.9 Å². The van der Waals surface area contributed by atoms with Crippen molar-refractivity contribution in [3.63, 3.8) is 0 Å². The van der Waals surface area contributed by atoms with E-state index in [1.165, 1.54) is 22.2 Å². The number of fused-ring (bicyclic) bond motifs is 3. The van der Waals surface area contributed by atoms with Gasteiger partial charge in [-0.1, -0.05) is 25.1 Å². The fourth-order valence-electron chi connectivity index (χ4n) is 3.83. The van der Waals surface area contributed by atoms with Crippen LogP contribution in [0.2, 0.25) is 0 Å². The fraction of sp³-hybridized carbons (Fsp3) is 0.217. The Labute approximate surface area is 168 Å². The van der Waals surface area contributed by atoms with Crippen LogP contribution in [0.1, 0.15) is 23.8 Å². The summed E-state index contributed by atoms with van der Waals surface area (Å²) in [5, 5.41) is 8.14. The van der Waals surface area contributed by atoms with Gasteiger partial charge in [-0.15, -0.1) is 11.3 Å². The zero-order valence-corrected chi connectivity index (χ0v) is 16.6. The lowest BCUT2D eigenvalue weighted by Gasteiger charge is -2.18. The maximum Gasteiger partial charge on any atom is 0.142 e. The molecule has 0 saturated heterocycles. The Hall–Kier alpha value is -2.92. The first kappa shape index (κ1) is 17.2. The first-order valence-electron chi connectivity index (χ1n) is 9.70. The second kappa shape index (κ2) is 7.24. The number of para-hydroxylation sites is 1. The highest BCUT2D eigenvalue weighted by Crippen LogP contribution is 2.40. The fourth-order valence-corrected chi connectivity index (χ4v) is 5.18. The van der Waals surface area contributed by atoms with Gasteiger partial charge in [0.25, 0.3) is 0 Å². The van der Waals surface area contributed by atoms with Gasteiger partial charge in [-0.2, -0.15) is 0 Å². The number of aromatic nitrogens is 2. The predicted octanol–water partition coefficient (Wildman–Crippen LogP) is 6.30. The molecule has 0 spiro atoms. The van der Waals surface area contributed by atoms with Crippen molar-refractivity contribution in [3.8, 4) is 0 Å². The normalized spacial score (nSPS) is 16.0. The SMILES string of the molecule is CC1CCc2c(sc3ncnc(Nc4ccc(Nc5ccccc5)cc4)c23)C1.